The second-order valence-corrected chi connectivity index (χ2v) is 9.67. The largest absolute Gasteiger partial charge is 0.454 e. The van der Waals surface area contributed by atoms with Crippen molar-refractivity contribution in [1.82, 2.24) is 9.46 Å². The Morgan fingerprint density at radius 1 is 1.06 bits per heavy atom. The van der Waals surface area contributed by atoms with Crippen molar-refractivity contribution < 1.29 is 27.2 Å². The monoisotopic (exact) mass is 456 g/mol. The molecule has 8 nitrogen and oxygen atoms in total. The number of nitrogens with zero attached hydrogens (tertiary/aromatic N) is 2. The van der Waals surface area contributed by atoms with Crippen molar-refractivity contribution in [2.75, 3.05) is 13.1 Å². The Kier molecular flexibility index (Phi) is 6.40. The predicted octanol–water partition coefficient (Wildman–Crippen LogP) is 3.50. The third kappa shape index (κ3) is 4.90. The summed E-state index contributed by atoms with van der Waals surface area (Å²) < 4.78 is 43.7. The molecule has 1 saturated heterocycles. The number of ether oxygens (including phenoxy) is 2. The lowest BCUT2D eigenvalue weighted by Crippen LogP contribution is -2.48. The Morgan fingerprint density at radius 2 is 1.78 bits per heavy atom. The van der Waals surface area contributed by atoms with Crippen LogP contribution in [0.15, 0.2) is 70.1 Å². The topological polar surface area (TPSA) is 98.9 Å². The van der Waals surface area contributed by atoms with Gasteiger partial charge in [-0.3, -0.25) is 0 Å². The highest BCUT2D eigenvalue weighted by atomic mass is 32.2. The van der Waals surface area contributed by atoms with E-state index in [-0.39, 0.29) is 42.4 Å². The summed E-state index contributed by atoms with van der Waals surface area (Å²) in [5.74, 6) is -0.263. The summed E-state index contributed by atoms with van der Waals surface area (Å²) in [6, 6.07) is 17.0. The second-order valence-electron chi connectivity index (χ2n) is 7.73. The number of hydrogen-bond donors (Lipinski definition) is 0. The minimum absolute atomic E-state index is 0.0410. The lowest BCUT2D eigenvalue weighted by molar-refractivity contribution is -0.0440. The maximum atomic E-state index is 13.1. The van der Waals surface area contributed by atoms with Crippen LogP contribution in [-0.4, -0.2) is 49.1 Å². The molecule has 3 aromatic rings. The fraction of sp³-hybridized carbons (Fsp3) is 0.304. The van der Waals surface area contributed by atoms with Crippen molar-refractivity contribution in [3.63, 3.8) is 0 Å². The van der Waals surface area contributed by atoms with E-state index in [4.69, 9.17) is 14.0 Å². The molecular weight excluding hydrogens is 432 g/mol. The summed E-state index contributed by atoms with van der Waals surface area (Å²) in [5, 5.41) is 3.99. The standard InChI is InChI=1S/C23H24N2O6S/c1-16-13-25(14-17(2)30-16)32(27,28)21-10-6-9-19(11-21)23(26)29-15-20-12-22(24-31-20)18-7-4-3-5-8-18/h3-12,16-17H,13-15H2,1-2H3/t16-,17-/m0/s1. The van der Waals surface area contributed by atoms with Gasteiger partial charge in [0, 0.05) is 24.7 Å². The summed E-state index contributed by atoms with van der Waals surface area (Å²) in [6.45, 7) is 4.07. The minimum atomic E-state index is -3.76. The maximum Gasteiger partial charge on any atom is 0.338 e. The Hall–Kier alpha value is -3.01. The number of morpholine rings is 1. The van der Waals surface area contributed by atoms with Gasteiger partial charge >= 0.3 is 5.97 Å². The molecule has 0 aliphatic carbocycles. The van der Waals surface area contributed by atoms with Gasteiger partial charge in [-0.15, -0.1) is 0 Å². The fourth-order valence-corrected chi connectivity index (χ4v) is 5.24. The molecule has 0 N–H and O–H groups in total. The van der Waals surface area contributed by atoms with Gasteiger partial charge in [0.1, 0.15) is 5.69 Å². The molecule has 0 bridgehead atoms. The van der Waals surface area contributed by atoms with Gasteiger partial charge in [-0.2, -0.15) is 4.31 Å². The first-order chi connectivity index (χ1) is 15.3. The SMILES string of the molecule is C[C@H]1CN(S(=O)(=O)c2cccc(C(=O)OCc3cc(-c4ccccc4)no3)c2)C[C@H](C)O1. The van der Waals surface area contributed by atoms with Crippen molar-refractivity contribution >= 4 is 16.0 Å². The van der Waals surface area contributed by atoms with Crippen LogP contribution in [0.1, 0.15) is 30.0 Å². The van der Waals surface area contributed by atoms with E-state index in [9.17, 15) is 13.2 Å². The number of benzene rings is 2. The first kappa shape index (κ1) is 22.2. The third-order valence-corrected chi connectivity index (χ3v) is 6.90. The Bertz CT molecular complexity index is 1180. The Balaban J connectivity index is 1.44. The number of aromatic nitrogens is 1. The number of hydrogen-bond acceptors (Lipinski definition) is 7. The van der Waals surface area contributed by atoms with Gasteiger partial charge in [0.2, 0.25) is 10.0 Å². The van der Waals surface area contributed by atoms with Crippen molar-refractivity contribution in [3.8, 4) is 11.3 Å². The zero-order valence-corrected chi connectivity index (χ0v) is 18.6. The molecule has 1 aromatic heterocycles. The molecular formula is C23H24N2O6S. The Morgan fingerprint density at radius 3 is 2.50 bits per heavy atom. The first-order valence-electron chi connectivity index (χ1n) is 10.3. The van der Waals surface area contributed by atoms with E-state index in [2.05, 4.69) is 5.16 Å². The molecule has 0 unspecified atom stereocenters. The molecule has 1 aliphatic rings. The van der Waals surface area contributed by atoms with Crippen LogP contribution in [0, 0.1) is 0 Å². The Labute approximate surface area is 186 Å². The molecule has 2 atom stereocenters. The summed E-state index contributed by atoms with van der Waals surface area (Å²) in [7, 11) is -3.76. The fourth-order valence-electron chi connectivity index (χ4n) is 3.61. The molecule has 4 rings (SSSR count). The lowest BCUT2D eigenvalue weighted by Gasteiger charge is -2.34. The molecule has 1 fully saturated rings. The van der Waals surface area contributed by atoms with E-state index >= 15 is 0 Å². The van der Waals surface area contributed by atoms with Gasteiger partial charge in [-0.05, 0) is 32.0 Å². The van der Waals surface area contributed by atoms with E-state index < -0.39 is 16.0 Å². The normalized spacial score (nSPS) is 19.6. The number of carbonyl (C=O) groups excluding carboxylic acids is 1. The summed E-state index contributed by atoms with van der Waals surface area (Å²) in [5.41, 5.74) is 1.67. The van der Waals surface area contributed by atoms with E-state index in [0.717, 1.165) is 5.56 Å². The molecule has 0 spiro atoms. The van der Waals surface area contributed by atoms with Crippen molar-refractivity contribution in [2.24, 2.45) is 0 Å². The zero-order valence-electron chi connectivity index (χ0n) is 17.8. The van der Waals surface area contributed by atoms with E-state index in [0.29, 0.717) is 11.5 Å². The molecule has 2 aromatic carbocycles. The highest BCUT2D eigenvalue weighted by Gasteiger charge is 2.32. The molecule has 2 heterocycles. The van der Waals surface area contributed by atoms with E-state index in [1.54, 1.807) is 6.07 Å². The zero-order chi connectivity index (χ0) is 22.7. The first-order valence-corrected chi connectivity index (χ1v) is 11.7. The van der Waals surface area contributed by atoms with Crippen LogP contribution in [0.25, 0.3) is 11.3 Å². The van der Waals surface area contributed by atoms with Gasteiger partial charge in [0.15, 0.2) is 12.4 Å². The maximum absolute atomic E-state index is 13.1. The second kappa shape index (κ2) is 9.23. The molecule has 0 radical (unpaired) electrons. The summed E-state index contributed by atoms with van der Waals surface area (Å²) >= 11 is 0. The third-order valence-electron chi connectivity index (χ3n) is 5.07. The molecule has 0 saturated carbocycles. The van der Waals surface area contributed by atoms with Crippen molar-refractivity contribution in [2.45, 2.75) is 37.6 Å². The number of sulfonamides is 1. The number of esters is 1. The van der Waals surface area contributed by atoms with Crippen LogP contribution in [0.3, 0.4) is 0 Å². The van der Waals surface area contributed by atoms with Crippen LogP contribution in [0.5, 0.6) is 0 Å². The number of rotatable bonds is 6. The highest BCUT2D eigenvalue weighted by molar-refractivity contribution is 7.89. The number of carbonyl (C=O) groups is 1. The lowest BCUT2D eigenvalue weighted by atomic mass is 10.1. The van der Waals surface area contributed by atoms with E-state index in [1.165, 1.54) is 28.6 Å². The van der Waals surface area contributed by atoms with Crippen molar-refractivity contribution in [3.05, 3.63) is 72.0 Å². The smallest absolute Gasteiger partial charge is 0.338 e. The van der Waals surface area contributed by atoms with Gasteiger partial charge in [-0.1, -0.05) is 41.6 Å². The summed E-state index contributed by atoms with van der Waals surface area (Å²) in [4.78, 5) is 12.6. The van der Waals surface area contributed by atoms with Gasteiger partial charge in [-0.25, -0.2) is 13.2 Å². The molecule has 0 amide bonds. The van der Waals surface area contributed by atoms with Gasteiger partial charge in [0.05, 0.1) is 22.7 Å². The minimum Gasteiger partial charge on any atom is -0.454 e. The predicted molar refractivity (Wildman–Crippen MR) is 116 cm³/mol. The molecule has 9 heteroatoms. The average Bonchev–Trinajstić information content (AvgIpc) is 3.26. The highest BCUT2D eigenvalue weighted by Crippen LogP contribution is 2.23. The molecule has 1 aliphatic heterocycles. The van der Waals surface area contributed by atoms with E-state index in [1.807, 2.05) is 44.2 Å². The van der Waals surface area contributed by atoms with Crippen LogP contribution < -0.4 is 0 Å². The average molecular weight is 457 g/mol. The van der Waals surface area contributed by atoms with Crippen molar-refractivity contribution in [1.29, 1.82) is 0 Å². The molecule has 32 heavy (non-hydrogen) atoms. The van der Waals surface area contributed by atoms with Crippen LogP contribution in [0.4, 0.5) is 0 Å². The van der Waals surface area contributed by atoms with Gasteiger partial charge in [0.25, 0.3) is 0 Å². The van der Waals surface area contributed by atoms with Crippen LogP contribution in [0.2, 0.25) is 0 Å². The quantitative estimate of drug-likeness (QED) is 0.524. The molecule has 168 valence electrons. The van der Waals surface area contributed by atoms with Crippen LogP contribution in [-0.2, 0) is 26.1 Å². The van der Waals surface area contributed by atoms with Crippen LogP contribution >= 0.6 is 0 Å². The summed E-state index contributed by atoms with van der Waals surface area (Å²) in [6.07, 6.45) is -0.409. The van der Waals surface area contributed by atoms with Gasteiger partial charge < -0.3 is 14.0 Å².